The average molecular weight is 433 g/mol. The van der Waals surface area contributed by atoms with Crippen molar-refractivity contribution in [2.24, 2.45) is 0 Å². The molecule has 0 radical (unpaired) electrons. The van der Waals surface area contributed by atoms with E-state index in [9.17, 15) is 25.5 Å². The molecule has 0 spiro atoms. The summed E-state index contributed by atoms with van der Waals surface area (Å²) in [4.78, 5) is 12.7. The zero-order valence-electron chi connectivity index (χ0n) is 16.5. The Bertz CT molecular complexity index is 1060. The second kappa shape index (κ2) is 8.61. The number of rotatable bonds is 6. The van der Waals surface area contributed by atoms with Crippen molar-refractivity contribution in [3.63, 3.8) is 0 Å². The van der Waals surface area contributed by atoms with Crippen LogP contribution in [0.5, 0.6) is 11.5 Å². The number of nitrogens with one attached hydrogen (secondary N) is 1. The minimum Gasteiger partial charge on any atom is -0.508 e. The normalized spacial score (nSPS) is 26.2. The minimum absolute atomic E-state index is 0.0864. The molecule has 0 bridgehead atoms. The first-order chi connectivity index (χ1) is 14.9. The van der Waals surface area contributed by atoms with Crippen LogP contribution in [0.2, 0.25) is 0 Å². The van der Waals surface area contributed by atoms with E-state index in [2.05, 4.69) is 20.3 Å². The van der Waals surface area contributed by atoms with E-state index in [0.29, 0.717) is 29.3 Å². The molecule has 3 heterocycles. The van der Waals surface area contributed by atoms with Crippen LogP contribution in [-0.2, 0) is 11.3 Å². The van der Waals surface area contributed by atoms with E-state index < -0.39 is 37.3 Å². The number of ether oxygens (including phenoxy) is 2. The lowest BCUT2D eigenvalue weighted by molar-refractivity contribution is -0.250. The molecule has 1 aliphatic rings. The topological polar surface area (TPSA) is 175 Å². The molecule has 3 aromatic rings. The van der Waals surface area contributed by atoms with Crippen LogP contribution >= 0.6 is 0 Å². The minimum atomic E-state index is -1.52. The van der Waals surface area contributed by atoms with E-state index in [1.54, 1.807) is 12.1 Å². The molecule has 12 heteroatoms. The van der Waals surface area contributed by atoms with Crippen LogP contribution in [0.3, 0.4) is 0 Å². The fourth-order valence-corrected chi connectivity index (χ4v) is 3.54. The zero-order chi connectivity index (χ0) is 22.1. The smallest absolute Gasteiger partial charge is 0.167 e. The number of methoxy groups -OCH3 is 1. The molecule has 12 nitrogen and oxygen atoms in total. The van der Waals surface area contributed by atoms with Crippen LogP contribution in [-0.4, -0.2) is 83.2 Å². The SMILES string of the molecule is COc1cc(O)ccc1CNc1ncnc2c1ncn2C1O[C@H](CO)[C@@H](O)[C@H](O)[C@H]1O. The lowest BCUT2D eigenvalue weighted by atomic mass is 9.98. The van der Waals surface area contributed by atoms with Crippen LogP contribution in [0.15, 0.2) is 30.9 Å². The first kappa shape index (κ1) is 21.2. The number of hydrogen-bond donors (Lipinski definition) is 6. The van der Waals surface area contributed by atoms with Crippen LogP contribution < -0.4 is 10.1 Å². The van der Waals surface area contributed by atoms with Crippen molar-refractivity contribution in [3.05, 3.63) is 36.4 Å². The predicted octanol–water partition coefficient (Wildman–Crippen LogP) is -0.875. The fourth-order valence-electron chi connectivity index (χ4n) is 3.54. The van der Waals surface area contributed by atoms with Gasteiger partial charge in [-0.25, -0.2) is 15.0 Å². The van der Waals surface area contributed by atoms with E-state index in [-0.39, 0.29) is 5.75 Å². The maximum atomic E-state index is 10.4. The summed E-state index contributed by atoms with van der Waals surface area (Å²) in [6.45, 7) is -0.215. The molecule has 1 aromatic carbocycles. The number of aromatic hydroxyl groups is 1. The number of imidazole rings is 1. The van der Waals surface area contributed by atoms with Crippen molar-refractivity contribution in [2.45, 2.75) is 37.2 Å². The summed E-state index contributed by atoms with van der Waals surface area (Å²) in [5, 5.41) is 52.6. The van der Waals surface area contributed by atoms with Gasteiger partial charge in [-0.15, -0.1) is 0 Å². The molecule has 0 saturated carbocycles. The van der Waals surface area contributed by atoms with E-state index >= 15 is 0 Å². The van der Waals surface area contributed by atoms with Gasteiger partial charge >= 0.3 is 0 Å². The van der Waals surface area contributed by atoms with Crippen molar-refractivity contribution in [2.75, 3.05) is 19.0 Å². The van der Waals surface area contributed by atoms with Crippen LogP contribution in [0.25, 0.3) is 11.2 Å². The van der Waals surface area contributed by atoms with Gasteiger partial charge in [-0.3, -0.25) is 4.57 Å². The molecule has 0 amide bonds. The van der Waals surface area contributed by atoms with Gasteiger partial charge in [0.1, 0.15) is 42.2 Å². The Kier molecular flexibility index (Phi) is 5.89. The summed E-state index contributed by atoms with van der Waals surface area (Å²) < 4.78 is 12.3. The monoisotopic (exact) mass is 433 g/mol. The van der Waals surface area contributed by atoms with Crippen molar-refractivity contribution in [1.29, 1.82) is 0 Å². The third-order valence-electron chi connectivity index (χ3n) is 5.22. The highest BCUT2D eigenvalue weighted by molar-refractivity contribution is 5.82. The number of benzene rings is 1. The molecule has 1 saturated heterocycles. The number of fused-ring (bicyclic) bond motifs is 1. The van der Waals surface area contributed by atoms with E-state index in [1.165, 1.54) is 30.4 Å². The molecule has 1 fully saturated rings. The molecule has 1 unspecified atom stereocenters. The summed E-state index contributed by atoms with van der Waals surface area (Å²) in [5.41, 5.74) is 1.48. The molecule has 1 aliphatic heterocycles. The second-order valence-electron chi connectivity index (χ2n) is 7.12. The third-order valence-corrected chi connectivity index (χ3v) is 5.22. The number of phenols is 1. The van der Waals surface area contributed by atoms with Crippen LogP contribution in [0.4, 0.5) is 5.82 Å². The summed E-state index contributed by atoms with van der Waals surface area (Å²) >= 11 is 0. The third kappa shape index (κ3) is 3.86. The van der Waals surface area contributed by atoms with Crippen molar-refractivity contribution in [1.82, 2.24) is 19.5 Å². The van der Waals surface area contributed by atoms with Crippen molar-refractivity contribution >= 4 is 17.0 Å². The Morgan fingerprint density at radius 2 is 1.94 bits per heavy atom. The Balaban J connectivity index is 1.61. The number of aliphatic hydroxyl groups is 4. The summed E-state index contributed by atoms with van der Waals surface area (Å²) in [6.07, 6.45) is -3.95. The molecule has 31 heavy (non-hydrogen) atoms. The number of hydrogen-bond acceptors (Lipinski definition) is 11. The highest BCUT2D eigenvalue weighted by Crippen LogP contribution is 2.31. The maximum Gasteiger partial charge on any atom is 0.167 e. The van der Waals surface area contributed by atoms with Gasteiger partial charge in [0.15, 0.2) is 23.2 Å². The van der Waals surface area contributed by atoms with Gasteiger partial charge in [-0.05, 0) is 12.1 Å². The Morgan fingerprint density at radius 3 is 2.68 bits per heavy atom. The lowest BCUT2D eigenvalue weighted by Gasteiger charge is -2.40. The Hall–Kier alpha value is -3.03. The van der Waals surface area contributed by atoms with Gasteiger partial charge < -0.3 is 40.3 Å². The van der Waals surface area contributed by atoms with Gasteiger partial charge in [0.05, 0.1) is 20.0 Å². The number of phenolic OH excluding ortho intramolecular Hbond substituents is 1. The number of aliphatic hydroxyl groups excluding tert-OH is 4. The van der Waals surface area contributed by atoms with E-state index in [4.69, 9.17) is 9.47 Å². The zero-order valence-corrected chi connectivity index (χ0v) is 16.5. The van der Waals surface area contributed by atoms with Crippen LogP contribution in [0, 0.1) is 0 Å². The van der Waals surface area contributed by atoms with Gasteiger partial charge in [-0.2, -0.15) is 0 Å². The molecule has 4 rings (SSSR count). The average Bonchev–Trinajstić information content (AvgIpc) is 3.21. The maximum absolute atomic E-state index is 10.4. The van der Waals surface area contributed by atoms with Crippen LogP contribution in [0.1, 0.15) is 11.8 Å². The summed E-state index contributed by atoms with van der Waals surface area (Å²) in [7, 11) is 1.50. The highest BCUT2D eigenvalue weighted by atomic mass is 16.6. The Labute approximate surface area is 176 Å². The molecule has 0 aliphatic carbocycles. The van der Waals surface area contributed by atoms with Gasteiger partial charge in [0.2, 0.25) is 0 Å². The largest absolute Gasteiger partial charge is 0.508 e. The number of nitrogens with zero attached hydrogens (tertiary/aromatic N) is 4. The summed E-state index contributed by atoms with van der Waals surface area (Å²) in [6, 6.07) is 4.76. The van der Waals surface area contributed by atoms with Gasteiger partial charge in [0, 0.05) is 18.2 Å². The fraction of sp³-hybridized carbons (Fsp3) is 0.421. The molecular weight excluding hydrogens is 410 g/mol. The second-order valence-corrected chi connectivity index (χ2v) is 7.12. The van der Waals surface area contributed by atoms with E-state index in [1.807, 2.05) is 0 Å². The molecule has 166 valence electrons. The molecule has 2 aromatic heterocycles. The van der Waals surface area contributed by atoms with Crippen molar-refractivity contribution in [3.8, 4) is 11.5 Å². The molecule has 6 N–H and O–H groups in total. The Morgan fingerprint density at radius 1 is 1.13 bits per heavy atom. The molecular formula is C19H23N5O7. The summed E-state index contributed by atoms with van der Waals surface area (Å²) in [5.74, 6) is 0.997. The highest BCUT2D eigenvalue weighted by Gasteiger charge is 2.44. The van der Waals surface area contributed by atoms with Gasteiger partial charge in [0.25, 0.3) is 0 Å². The standard InChI is InChI=1S/C19H23N5O7/c1-30-11-4-10(26)3-2-9(11)5-20-17-13-18(22-7-21-17)24(8-23-13)19-16(29)15(28)14(27)12(6-25)31-19/h2-4,7-8,12,14-16,19,25-29H,5-6H2,1H3,(H,20,21,22)/t12-,14-,15+,16-,19?/m1/s1. The quantitative estimate of drug-likeness (QED) is 0.285. The first-order valence-electron chi connectivity index (χ1n) is 9.52. The van der Waals surface area contributed by atoms with Gasteiger partial charge in [-0.1, -0.05) is 0 Å². The molecule has 5 atom stereocenters. The lowest BCUT2D eigenvalue weighted by Crippen LogP contribution is -2.56. The predicted molar refractivity (Wildman–Crippen MR) is 106 cm³/mol. The first-order valence-corrected chi connectivity index (χ1v) is 9.52. The number of anilines is 1. The van der Waals surface area contributed by atoms with Crippen molar-refractivity contribution < 1.29 is 35.0 Å². The van der Waals surface area contributed by atoms with E-state index in [0.717, 1.165) is 5.56 Å². The number of aromatic nitrogens is 4.